The number of hydrogen-bond donors (Lipinski definition) is 1. The molecular weight excluding hydrogens is 385 g/mol. The van der Waals surface area contributed by atoms with Crippen molar-refractivity contribution in [1.82, 2.24) is 24.7 Å². The van der Waals surface area contributed by atoms with Crippen LogP contribution < -0.4 is 5.32 Å². The largest absolute Gasteiger partial charge is 0.352 e. The summed E-state index contributed by atoms with van der Waals surface area (Å²) in [5.74, 6) is -0.245. The molecule has 1 aliphatic heterocycles. The fraction of sp³-hybridized carbons (Fsp3) is 0.273. The maximum Gasteiger partial charge on any atom is 0.170 e. The van der Waals surface area contributed by atoms with Gasteiger partial charge in [0.05, 0.1) is 17.8 Å². The Balaban J connectivity index is 1.77. The molecule has 5 nitrogen and oxygen atoms in total. The number of pyridine rings is 1. The van der Waals surface area contributed by atoms with E-state index in [1.165, 1.54) is 12.1 Å². The van der Waals surface area contributed by atoms with E-state index in [9.17, 15) is 4.39 Å². The molecule has 1 N–H and O–H groups in total. The molecule has 2 aromatic heterocycles. The predicted octanol–water partition coefficient (Wildman–Crippen LogP) is 3.55. The average Bonchev–Trinajstić information content (AvgIpc) is 3.32. The molecule has 0 amide bonds. The number of hydrogen-bond acceptors (Lipinski definition) is 3. The molecule has 7 heteroatoms. The lowest BCUT2D eigenvalue weighted by Crippen LogP contribution is -2.36. The van der Waals surface area contributed by atoms with E-state index in [-0.39, 0.29) is 17.9 Å². The molecule has 150 valence electrons. The highest BCUT2D eigenvalue weighted by atomic mass is 32.1. The van der Waals surface area contributed by atoms with Crippen LogP contribution in [0.15, 0.2) is 67.0 Å². The highest BCUT2D eigenvalue weighted by molar-refractivity contribution is 7.80. The van der Waals surface area contributed by atoms with Crippen LogP contribution >= 0.6 is 12.2 Å². The van der Waals surface area contributed by atoms with Gasteiger partial charge >= 0.3 is 0 Å². The third-order valence-electron chi connectivity index (χ3n) is 5.17. The van der Waals surface area contributed by atoms with Gasteiger partial charge in [0, 0.05) is 36.9 Å². The minimum absolute atomic E-state index is 0.0302. The highest BCUT2D eigenvalue weighted by Gasteiger charge is 2.41. The Labute approximate surface area is 175 Å². The molecule has 0 unspecified atom stereocenters. The number of nitrogens with one attached hydrogen (secondary N) is 1. The first-order chi connectivity index (χ1) is 14.0. The van der Waals surface area contributed by atoms with E-state index in [0.29, 0.717) is 0 Å². The zero-order valence-electron chi connectivity index (χ0n) is 16.5. The fourth-order valence-corrected chi connectivity index (χ4v) is 4.08. The molecule has 3 aromatic rings. The summed E-state index contributed by atoms with van der Waals surface area (Å²) in [6.07, 6.45) is 3.81. The lowest BCUT2D eigenvalue weighted by Gasteiger charge is -2.29. The van der Waals surface area contributed by atoms with E-state index in [0.717, 1.165) is 35.3 Å². The van der Waals surface area contributed by atoms with E-state index in [4.69, 9.17) is 12.2 Å². The molecule has 1 aliphatic rings. The Morgan fingerprint density at radius 1 is 1.10 bits per heavy atom. The summed E-state index contributed by atoms with van der Waals surface area (Å²) in [5, 5.41) is 4.19. The molecule has 1 aromatic carbocycles. The zero-order valence-corrected chi connectivity index (χ0v) is 17.3. The molecule has 0 saturated carbocycles. The van der Waals surface area contributed by atoms with Gasteiger partial charge in [-0.25, -0.2) is 4.39 Å². The highest BCUT2D eigenvalue weighted by Crippen LogP contribution is 2.39. The summed E-state index contributed by atoms with van der Waals surface area (Å²) in [6, 6.07) is 16.5. The fourth-order valence-electron chi connectivity index (χ4n) is 3.75. The standard InChI is InChI=1S/C22H24FN5S/c1-26(2)14-15-28-21(20(25-22(28)29)18-6-3-4-12-24-18)19-7-5-13-27(19)17-10-8-16(23)9-11-17/h3-13,20-21H,14-15H2,1-2H3,(H,25,29)/t20-,21+/m0/s1. The van der Waals surface area contributed by atoms with Crippen LogP contribution in [-0.2, 0) is 0 Å². The van der Waals surface area contributed by atoms with Crippen LogP contribution in [-0.4, -0.2) is 51.6 Å². The number of aromatic nitrogens is 2. The predicted molar refractivity (Wildman–Crippen MR) is 116 cm³/mol. The van der Waals surface area contributed by atoms with Crippen LogP contribution in [0.25, 0.3) is 5.69 Å². The van der Waals surface area contributed by atoms with Gasteiger partial charge in [-0.15, -0.1) is 0 Å². The quantitative estimate of drug-likeness (QED) is 0.630. The van der Waals surface area contributed by atoms with Gasteiger partial charge in [-0.2, -0.15) is 0 Å². The Morgan fingerprint density at radius 3 is 2.59 bits per heavy atom. The lowest BCUT2D eigenvalue weighted by atomic mass is 10.0. The third-order valence-corrected chi connectivity index (χ3v) is 5.53. The summed E-state index contributed by atoms with van der Waals surface area (Å²) >= 11 is 5.71. The van der Waals surface area contributed by atoms with Crippen molar-refractivity contribution in [3.05, 3.63) is 84.2 Å². The number of nitrogens with zero attached hydrogens (tertiary/aromatic N) is 4. The van der Waals surface area contributed by atoms with Gasteiger partial charge in [-0.3, -0.25) is 4.98 Å². The minimum atomic E-state index is -0.245. The van der Waals surface area contributed by atoms with Crippen LogP contribution in [0.2, 0.25) is 0 Å². The first-order valence-corrected chi connectivity index (χ1v) is 10.0. The van der Waals surface area contributed by atoms with Crippen molar-refractivity contribution in [2.45, 2.75) is 12.1 Å². The number of thiocarbonyl (C=S) groups is 1. The first-order valence-electron chi connectivity index (χ1n) is 9.60. The number of likely N-dealkylation sites (N-methyl/N-ethyl adjacent to an activating group) is 1. The molecule has 1 saturated heterocycles. The first kappa shape index (κ1) is 19.5. The van der Waals surface area contributed by atoms with Crippen molar-refractivity contribution in [2.24, 2.45) is 0 Å². The summed E-state index contributed by atoms with van der Waals surface area (Å²) in [6.45, 7) is 1.67. The number of benzene rings is 1. The van der Waals surface area contributed by atoms with Gasteiger partial charge in [-0.05, 0) is 74.8 Å². The topological polar surface area (TPSA) is 36.3 Å². The Bertz CT molecular complexity index is 970. The molecule has 0 aliphatic carbocycles. The average molecular weight is 410 g/mol. The van der Waals surface area contributed by atoms with E-state index in [1.54, 1.807) is 18.3 Å². The van der Waals surface area contributed by atoms with Crippen molar-refractivity contribution in [2.75, 3.05) is 27.2 Å². The van der Waals surface area contributed by atoms with Gasteiger partial charge in [-0.1, -0.05) is 6.07 Å². The molecule has 0 spiro atoms. The normalized spacial score (nSPS) is 19.0. The monoisotopic (exact) mass is 409 g/mol. The van der Waals surface area contributed by atoms with Crippen LogP contribution in [0, 0.1) is 5.82 Å². The molecular formula is C22H24FN5S. The van der Waals surface area contributed by atoms with Gasteiger partial charge in [0.2, 0.25) is 0 Å². The van der Waals surface area contributed by atoms with Gasteiger partial charge in [0.1, 0.15) is 5.82 Å². The van der Waals surface area contributed by atoms with E-state index < -0.39 is 0 Å². The molecule has 1 fully saturated rings. The maximum absolute atomic E-state index is 13.4. The Morgan fingerprint density at radius 2 is 1.90 bits per heavy atom. The van der Waals surface area contributed by atoms with Crippen LogP contribution in [0.4, 0.5) is 4.39 Å². The van der Waals surface area contributed by atoms with Crippen LogP contribution in [0.1, 0.15) is 23.5 Å². The SMILES string of the molecule is CN(C)CCN1C(=S)N[C@@H](c2ccccn2)[C@H]1c1cccn1-c1ccc(F)cc1. The summed E-state index contributed by atoms with van der Waals surface area (Å²) in [4.78, 5) is 8.95. The molecule has 0 bridgehead atoms. The van der Waals surface area contributed by atoms with Gasteiger partial charge < -0.3 is 19.7 Å². The molecule has 4 rings (SSSR count). The van der Waals surface area contributed by atoms with E-state index in [1.807, 2.05) is 30.5 Å². The molecule has 29 heavy (non-hydrogen) atoms. The minimum Gasteiger partial charge on any atom is -0.352 e. The number of rotatable bonds is 6. The van der Waals surface area contributed by atoms with Crippen molar-refractivity contribution in [3.63, 3.8) is 0 Å². The lowest BCUT2D eigenvalue weighted by molar-refractivity contribution is 0.272. The van der Waals surface area contributed by atoms with Crippen molar-refractivity contribution in [1.29, 1.82) is 0 Å². The summed E-state index contributed by atoms with van der Waals surface area (Å²) in [7, 11) is 4.11. The summed E-state index contributed by atoms with van der Waals surface area (Å²) < 4.78 is 15.5. The number of halogens is 1. The van der Waals surface area contributed by atoms with Crippen LogP contribution in [0.3, 0.4) is 0 Å². The third kappa shape index (κ3) is 4.02. The summed E-state index contributed by atoms with van der Waals surface area (Å²) in [5.41, 5.74) is 2.94. The van der Waals surface area contributed by atoms with E-state index in [2.05, 4.69) is 44.8 Å². The molecule has 3 heterocycles. The molecule has 2 atom stereocenters. The Kier molecular flexibility index (Phi) is 5.60. The van der Waals surface area contributed by atoms with E-state index >= 15 is 0 Å². The second-order valence-corrected chi connectivity index (χ2v) is 7.79. The van der Waals surface area contributed by atoms with Gasteiger partial charge in [0.15, 0.2) is 5.11 Å². The van der Waals surface area contributed by atoms with Crippen molar-refractivity contribution < 1.29 is 4.39 Å². The van der Waals surface area contributed by atoms with Crippen LogP contribution in [0.5, 0.6) is 0 Å². The maximum atomic E-state index is 13.4. The van der Waals surface area contributed by atoms with Crippen molar-refractivity contribution in [3.8, 4) is 5.69 Å². The second kappa shape index (κ2) is 8.31. The smallest absolute Gasteiger partial charge is 0.170 e. The molecule has 0 radical (unpaired) electrons. The van der Waals surface area contributed by atoms with Crippen molar-refractivity contribution >= 4 is 17.3 Å². The zero-order chi connectivity index (χ0) is 20.4. The van der Waals surface area contributed by atoms with Gasteiger partial charge in [0.25, 0.3) is 0 Å². The Hall–Kier alpha value is -2.77. The second-order valence-electron chi connectivity index (χ2n) is 7.40.